The minimum Gasteiger partial charge on any atom is -0.390 e. The molecule has 1 aliphatic carbocycles. The Morgan fingerprint density at radius 1 is 1.19 bits per heavy atom. The fourth-order valence-corrected chi connectivity index (χ4v) is 6.88. The fraction of sp³-hybridized carbons (Fsp3) is 0.500. The Kier molecular flexibility index (Phi) is 6.38. The summed E-state index contributed by atoms with van der Waals surface area (Å²) in [4.78, 5) is 27.9. The molecule has 2 aliphatic heterocycles. The van der Waals surface area contributed by atoms with Crippen LogP contribution in [0.4, 0.5) is 10.1 Å². The van der Waals surface area contributed by atoms with Crippen molar-refractivity contribution in [2.75, 3.05) is 5.32 Å². The van der Waals surface area contributed by atoms with Gasteiger partial charge in [0.1, 0.15) is 11.2 Å². The van der Waals surface area contributed by atoms with Gasteiger partial charge in [0.05, 0.1) is 16.7 Å². The van der Waals surface area contributed by atoms with E-state index in [9.17, 15) is 19.1 Å². The van der Waals surface area contributed by atoms with E-state index < -0.39 is 34.8 Å². The quantitative estimate of drug-likeness (QED) is 0.437. The first kappa shape index (κ1) is 26.4. The average Bonchev–Trinajstić information content (AvgIpc) is 3.23. The summed E-state index contributed by atoms with van der Waals surface area (Å²) in [6.45, 7) is 8.01. The van der Waals surface area contributed by atoms with Gasteiger partial charge in [-0.15, -0.1) is 0 Å². The zero-order valence-corrected chi connectivity index (χ0v) is 22.8. The van der Waals surface area contributed by atoms with Crippen molar-refractivity contribution < 1.29 is 19.1 Å². The maximum Gasteiger partial charge on any atom is 0.238 e. The number of amides is 2. The topological polar surface area (TPSA) is 90.5 Å². The van der Waals surface area contributed by atoms with Gasteiger partial charge in [0.25, 0.3) is 0 Å². The number of carbonyl (C=O) groups excluding carboxylic acids is 2. The molecule has 2 amide bonds. The summed E-state index contributed by atoms with van der Waals surface area (Å²) in [6.07, 6.45) is 1.50. The Balaban J connectivity index is 1.67. The summed E-state index contributed by atoms with van der Waals surface area (Å²) in [7, 11) is 0. The standard InChI is InChI=1S/C28H32Cl2FN3O3/c1-26(2,3)13-21-28(17-7-6-15(29)10-20(17)33-25(28)36)22(14-5-8-19(31)18(30)9-14)23(34-21)24(35)32-16-11-27(4,37)12-16/h5-10,16,21-23,34,37H,11-13H2,1-4H3,(H,32,35)(H,33,36)/t16-,21-,22+,23-,27+,28+/m1/s1. The summed E-state index contributed by atoms with van der Waals surface area (Å²) in [5.41, 5.74) is -0.202. The molecule has 198 valence electrons. The van der Waals surface area contributed by atoms with Crippen LogP contribution in [0, 0.1) is 11.2 Å². The Morgan fingerprint density at radius 3 is 2.51 bits per heavy atom. The van der Waals surface area contributed by atoms with E-state index in [1.165, 1.54) is 12.1 Å². The SMILES string of the molecule is CC(C)(C)C[C@H]1N[C@@H](C(=O)N[C@H]2C[C@@](C)(O)C2)[C@H](c2ccc(F)c(Cl)c2)[C@@]12C(=O)Nc1cc(Cl)ccc12. The van der Waals surface area contributed by atoms with Crippen LogP contribution in [0.3, 0.4) is 0 Å². The Hall–Kier alpha value is -2.19. The predicted octanol–water partition coefficient (Wildman–Crippen LogP) is 4.91. The predicted molar refractivity (Wildman–Crippen MR) is 142 cm³/mol. The van der Waals surface area contributed by atoms with Crippen molar-refractivity contribution in [1.82, 2.24) is 10.6 Å². The number of carbonyl (C=O) groups is 2. The highest BCUT2D eigenvalue weighted by Gasteiger charge is 2.66. The summed E-state index contributed by atoms with van der Waals surface area (Å²) < 4.78 is 14.2. The van der Waals surface area contributed by atoms with E-state index in [0.29, 0.717) is 35.5 Å². The van der Waals surface area contributed by atoms with Crippen molar-refractivity contribution in [2.45, 2.75) is 82.0 Å². The van der Waals surface area contributed by atoms with Crippen LogP contribution in [0.1, 0.15) is 64.0 Å². The number of benzene rings is 2. The molecule has 4 N–H and O–H groups in total. The molecule has 1 saturated heterocycles. The smallest absolute Gasteiger partial charge is 0.238 e. The minimum absolute atomic E-state index is 0.0733. The Labute approximate surface area is 226 Å². The molecule has 3 aliphatic rings. The molecular formula is C28H32Cl2FN3O3. The molecule has 5 rings (SSSR count). The number of fused-ring (bicyclic) bond motifs is 2. The van der Waals surface area contributed by atoms with Gasteiger partial charge in [-0.2, -0.15) is 0 Å². The zero-order valence-electron chi connectivity index (χ0n) is 21.3. The molecule has 6 nitrogen and oxygen atoms in total. The highest BCUT2D eigenvalue weighted by Crippen LogP contribution is 2.57. The number of aliphatic hydroxyl groups is 1. The monoisotopic (exact) mass is 547 g/mol. The van der Waals surface area contributed by atoms with Crippen LogP contribution in [-0.2, 0) is 15.0 Å². The lowest BCUT2D eigenvalue weighted by molar-refractivity contribution is -0.127. The van der Waals surface area contributed by atoms with E-state index in [-0.39, 0.29) is 28.3 Å². The third-order valence-electron chi connectivity index (χ3n) is 7.93. The maximum absolute atomic E-state index is 14.2. The maximum atomic E-state index is 14.2. The fourth-order valence-electron chi connectivity index (χ4n) is 6.52. The largest absolute Gasteiger partial charge is 0.390 e. The van der Waals surface area contributed by atoms with E-state index in [1.807, 2.05) is 6.07 Å². The van der Waals surface area contributed by atoms with E-state index in [1.54, 1.807) is 25.1 Å². The second-order valence-electron chi connectivity index (χ2n) is 12.2. The third kappa shape index (κ3) is 4.54. The van der Waals surface area contributed by atoms with Crippen molar-refractivity contribution in [3.05, 3.63) is 63.4 Å². The van der Waals surface area contributed by atoms with Crippen molar-refractivity contribution in [2.24, 2.45) is 5.41 Å². The van der Waals surface area contributed by atoms with Crippen LogP contribution in [0.5, 0.6) is 0 Å². The van der Waals surface area contributed by atoms with Crippen LogP contribution in [0.2, 0.25) is 10.0 Å². The van der Waals surface area contributed by atoms with Gasteiger partial charge in [-0.05, 0) is 67.0 Å². The normalized spacial score (nSPS) is 32.7. The summed E-state index contributed by atoms with van der Waals surface area (Å²) in [5.74, 6) is -1.76. The molecule has 0 bridgehead atoms. The van der Waals surface area contributed by atoms with Crippen LogP contribution in [-0.4, -0.2) is 40.6 Å². The van der Waals surface area contributed by atoms with Gasteiger partial charge < -0.3 is 21.1 Å². The molecule has 0 unspecified atom stereocenters. The lowest BCUT2D eigenvalue weighted by Crippen LogP contribution is -2.57. The van der Waals surface area contributed by atoms with Crippen LogP contribution < -0.4 is 16.0 Å². The number of nitrogens with one attached hydrogen (secondary N) is 3. The molecule has 4 atom stereocenters. The molecule has 2 aromatic rings. The second kappa shape index (κ2) is 8.94. The number of hydrogen-bond acceptors (Lipinski definition) is 4. The molecule has 2 heterocycles. The molecule has 0 aromatic heterocycles. The second-order valence-corrected chi connectivity index (χ2v) is 13.1. The minimum atomic E-state index is -1.17. The molecule has 1 saturated carbocycles. The first-order valence-corrected chi connectivity index (χ1v) is 13.3. The van der Waals surface area contributed by atoms with E-state index in [2.05, 4.69) is 36.7 Å². The molecule has 0 radical (unpaired) electrons. The average molecular weight is 548 g/mol. The molecule has 2 fully saturated rings. The molecular weight excluding hydrogens is 516 g/mol. The molecule has 37 heavy (non-hydrogen) atoms. The van der Waals surface area contributed by atoms with Gasteiger partial charge in [-0.3, -0.25) is 9.59 Å². The zero-order chi connectivity index (χ0) is 26.9. The van der Waals surface area contributed by atoms with Crippen LogP contribution in [0.25, 0.3) is 0 Å². The van der Waals surface area contributed by atoms with Crippen LogP contribution >= 0.6 is 23.2 Å². The molecule has 2 aromatic carbocycles. The highest BCUT2D eigenvalue weighted by molar-refractivity contribution is 6.31. The molecule has 1 spiro atoms. The van der Waals surface area contributed by atoms with Crippen molar-refractivity contribution in [3.63, 3.8) is 0 Å². The van der Waals surface area contributed by atoms with Gasteiger partial charge in [-0.1, -0.05) is 56.1 Å². The van der Waals surface area contributed by atoms with Gasteiger partial charge in [-0.25, -0.2) is 4.39 Å². The van der Waals surface area contributed by atoms with Gasteiger partial charge in [0.2, 0.25) is 11.8 Å². The van der Waals surface area contributed by atoms with Crippen molar-refractivity contribution >= 4 is 40.7 Å². The highest BCUT2D eigenvalue weighted by atomic mass is 35.5. The number of anilines is 1. The van der Waals surface area contributed by atoms with Crippen LogP contribution in [0.15, 0.2) is 36.4 Å². The Morgan fingerprint density at radius 2 is 1.89 bits per heavy atom. The summed E-state index contributed by atoms with van der Waals surface area (Å²) in [6, 6.07) is 8.32. The third-order valence-corrected chi connectivity index (χ3v) is 8.45. The summed E-state index contributed by atoms with van der Waals surface area (Å²) >= 11 is 12.5. The summed E-state index contributed by atoms with van der Waals surface area (Å²) in [5, 5.41) is 20.2. The van der Waals surface area contributed by atoms with Gasteiger partial charge >= 0.3 is 0 Å². The lowest BCUT2D eigenvalue weighted by Gasteiger charge is -2.42. The van der Waals surface area contributed by atoms with Crippen molar-refractivity contribution in [3.8, 4) is 0 Å². The van der Waals surface area contributed by atoms with E-state index >= 15 is 0 Å². The first-order chi connectivity index (χ1) is 17.2. The lowest BCUT2D eigenvalue weighted by atomic mass is 9.62. The number of rotatable bonds is 4. The van der Waals surface area contributed by atoms with Gasteiger partial charge in [0, 0.05) is 28.7 Å². The van der Waals surface area contributed by atoms with E-state index in [0.717, 1.165) is 5.56 Å². The van der Waals surface area contributed by atoms with E-state index in [4.69, 9.17) is 23.2 Å². The number of halogens is 3. The number of hydrogen-bond donors (Lipinski definition) is 4. The molecule has 9 heteroatoms. The first-order valence-electron chi connectivity index (χ1n) is 12.6. The Bertz CT molecular complexity index is 1270. The van der Waals surface area contributed by atoms with Crippen molar-refractivity contribution in [1.29, 1.82) is 0 Å². The van der Waals surface area contributed by atoms with Gasteiger partial charge in [0.15, 0.2) is 0 Å².